The van der Waals surface area contributed by atoms with Crippen molar-refractivity contribution in [3.05, 3.63) is 64.9 Å². The summed E-state index contributed by atoms with van der Waals surface area (Å²) in [4.78, 5) is 18.2. The zero-order valence-corrected chi connectivity index (χ0v) is 22.4. The van der Waals surface area contributed by atoms with Gasteiger partial charge in [0.2, 0.25) is 5.88 Å². The molecule has 2 fully saturated rings. The molecule has 0 radical (unpaired) electrons. The Kier molecular flexibility index (Phi) is 7.41. The maximum Gasteiger partial charge on any atom is 0.243 e. The van der Waals surface area contributed by atoms with Crippen LogP contribution in [0.3, 0.4) is 0 Å². The molecule has 8 rings (SSSR count). The molecular formula is C28H31N7O5. The molecule has 0 bridgehead atoms. The Morgan fingerprint density at radius 2 is 1.40 bits per heavy atom. The number of hydrogen-bond acceptors (Lipinski definition) is 12. The van der Waals surface area contributed by atoms with Crippen molar-refractivity contribution < 1.29 is 23.9 Å². The first kappa shape index (κ1) is 25.9. The Hall–Kier alpha value is -4.32. The Labute approximate surface area is 231 Å². The van der Waals surface area contributed by atoms with Crippen LogP contribution >= 0.6 is 0 Å². The average molecular weight is 546 g/mol. The van der Waals surface area contributed by atoms with Gasteiger partial charge in [0.15, 0.2) is 5.75 Å². The van der Waals surface area contributed by atoms with Gasteiger partial charge in [0, 0.05) is 35.4 Å². The highest BCUT2D eigenvalue weighted by Gasteiger charge is 2.34. The molecule has 3 aromatic heterocycles. The normalized spacial score (nSPS) is 21.4. The molecule has 2 N–H and O–H groups in total. The number of pyridine rings is 2. The maximum atomic E-state index is 5.88. The number of oxime groups is 2. The van der Waals surface area contributed by atoms with Gasteiger partial charge in [-0.3, -0.25) is 9.97 Å². The number of nitrogens with two attached hydrogens (primary N) is 1. The summed E-state index contributed by atoms with van der Waals surface area (Å²) < 4.78 is 16.4. The SMILES string of the molecule is CON=C1COc2c1ccnc2C1CC1.CON=C1COc2nnccc21.NC1COc2c1ccnc2C1CC1. The van der Waals surface area contributed by atoms with E-state index in [0.717, 1.165) is 51.0 Å². The van der Waals surface area contributed by atoms with E-state index < -0.39 is 0 Å². The highest BCUT2D eigenvalue weighted by atomic mass is 16.6. The second kappa shape index (κ2) is 11.4. The molecule has 208 valence electrons. The molecular weight excluding hydrogens is 514 g/mol. The summed E-state index contributed by atoms with van der Waals surface area (Å²) in [5.41, 5.74) is 12.7. The van der Waals surface area contributed by atoms with E-state index in [4.69, 9.17) is 24.8 Å². The first-order valence-electron chi connectivity index (χ1n) is 13.3. The van der Waals surface area contributed by atoms with Crippen molar-refractivity contribution in [1.29, 1.82) is 0 Å². The summed E-state index contributed by atoms with van der Waals surface area (Å²) in [6.45, 7) is 1.51. The first-order chi connectivity index (χ1) is 19.7. The fourth-order valence-corrected chi connectivity index (χ4v) is 4.78. The monoisotopic (exact) mass is 545 g/mol. The standard InChI is InChI=1S/C11H12N2O2.C10H12N2O.C7H7N3O2/c1-14-13-9-6-15-11-8(9)4-5-12-10(11)7-2-3-7;11-8-5-13-10-7(8)3-4-12-9(10)6-1-2-6;1-11-10-6-4-12-7-5(6)2-3-8-9-7/h4-5,7H,2-3,6H2,1H3;3-4,6,8H,1-2,5,11H2;2-3H,4H2,1H3. The van der Waals surface area contributed by atoms with Crippen LogP contribution in [0.4, 0.5) is 0 Å². The molecule has 0 spiro atoms. The minimum absolute atomic E-state index is 0.0514. The number of hydrogen-bond donors (Lipinski definition) is 1. The summed E-state index contributed by atoms with van der Waals surface area (Å²) >= 11 is 0. The van der Waals surface area contributed by atoms with Crippen LogP contribution in [0.25, 0.3) is 0 Å². The predicted octanol–water partition coefficient (Wildman–Crippen LogP) is 3.27. The fourth-order valence-electron chi connectivity index (χ4n) is 4.78. The molecule has 2 aliphatic carbocycles. The Morgan fingerprint density at radius 3 is 2.10 bits per heavy atom. The lowest BCUT2D eigenvalue weighted by molar-refractivity contribution is 0.211. The smallest absolute Gasteiger partial charge is 0.243 e. The Morgan fingerprint density at radius 1 is 0.775 bits per heavy atom. The number of ether oxygens (including phenoxy) is 3. The molecule has 3 aliphatic heterocycles. The maximum absolute atomic E-state index is 5.88. The van der Waals surface area contributed by atoms with Gasteiger partial charge in [-0.2, -0.15) is 5.10 Å². The van der Waals surface area contributed by atoms with E-state index in [2.05, 4.69) is 35.3 Å². The van der Waals surface area contributed by atoms with Crippen molar-refractivity contribution in [2.45, 2.75) is 43.6 Å². The van der Waals surface area contributed by atoms with E-state index in [1.807, 2.05) is 24.5 Å². The van der Waals surface area contributed by atoms with Crippen molar-refractivity contribution in [1.82, 2.24) is 20.2 Å². The van der Waals surface area contributed by atoms with E-state index in [1.54, 1.807) is 19.4 Å². The molecule has 40 heavy (non-hydrogen) atoms. The van der Waals surface area contributed by atoms with E-state index >= 15 is 0 Å². The second-order valence-electron chi connectivity index (χ2n) is 9.92. The lowest BCUT2D eigenvalue weighted by Gasteiger charge is -2.04. The molecule has 3 aromatic rings. The number of aromatic nitrogens is 4. The molecule has 0 amide bonds. The highest BCUT2D eigenvalue weighted by Crippen LogP contribution is 2.47. The van der Waals surface area contributed by atoms with E-state index in [9.17, 15) is 0 Å². The summed E-state index contributed by atoms with van der Waals surface area (Å²) in [5, 5.41) is 15.2. The third-order valence-electron chi connectivity index (χ3n) is 7.04. The van der Waals surface area contributed by atoms with E-state index in [0.29, 0.717) is 37.5 Å². The van der Waals surface area contributed by atoms with Gasteiger partial charge in [-0.05, 0) is 43.9 Å². The van der Waals surface area contributed by atoms with Crippen molar-refractivity contribution in [2.75, 3.05) is 34.0 Å². The second-order valence-corrected chi connectivity index (χ2v) is 9.92. The molecule has 6 heterocycles. The zero-order valence-electron chi connectivity index (χ0n) is 22.4. The Balaban J connectivity index is 0.000000109. The molecule has 0 aromatic carbocycles. The molecule has 12 nitrogen and oxygen atoms in total. The number of rotatable bonds is 4. The van der Waals surface area contributed by atoms with Gasteiger partial charge in [-0.25, -0.2) is 0 Å². The van der Waals surface area contributed by atoms with Crippen LogP contribution < -0.4 is 19.9 Å². The zero-order chi connectivity index (χ0) is 27.5. The van der Waals surface area contributed by atoms with E-state index in [-0.39, 0.29) is 6.04 Å². The number of fused-ring (bicyclic) bond motifs is 3. The van der Waals surface area contributed by atoms with E-state index in [1.165, 1.54) is 32.8 Å². The molecule has 2 saturated carbocycles. The molecule has 1 atom stereocenters. The fraction of sp³-hybridized carbons (Fsp3) is 0.429. The third-order valence-corrected chi connectivity index (χ3v) is 7.04. The summed E-state index contributed by atoms with van der Waals surface area (Å²) in [6, 6.07) is 5.76. The quantitative estimate of drug-likeness (QED) is 0.484. The van der Waals surface area contributed by atoms with Crippen LogP contribution in [0.5, 0.6) is 17.4 Å². The minimum Gasteiger partial charge on any atom is -0.489 e. The van der Waals surface area contributed by atoms with Crippen LogP contribution in [0, 0.1) is 0 Å². The number of nitrogens with zero attached hydrogens (tertiary/aromatic N) is 6. The van der Waals surface area contributed by atoms with Gasteiger partial charge in [0.05, 0.1) is 29.2 Å². The molecule has 5 aliphatic rings. The largest absolute Gasteiger partial charge is 0.489 e. The van der Waals surface area contributed by atoms with Crippen LogP contribution in [0.2, 0.25) is 0 Å². The molecule has 0 saturated heterocycles. The van der Waals surface area contributed by atoms with Gasteiger partial charge < -0.3 is 29.6 Å². The molecule has 12 heteroatoms. The minimum atomic E-state index is 0.0514. The van der Waals surface area contributed by atoms with Crippen molar-refractivity contribution in [3.63, 3.8) is 0 Å². The first-order valence-corrected chi connectivity index (χ1v) is 13.3. The van der Waals surface area contributed by atoms with Crippen LogP contribution in [-0.4, -0.2) is 65.6 Å². The van der Waals surface area contributed by atoms with Crippen molar-refractivity contribution >= 4 is 11.4 Å². The van der Waals surface area contributed by atoms with Crippen LogP contribution in [0.1, 0.15) is 71.6 Å². The van der Waals surface area contributed by atoms with Gasteiger partial charge in [0.25, 0.3) is 0 Å². The lowest BCUT2D eigenvalue weighted by atomic mass is 10.1. The lowest BCUT2D eigenvalue weighted by Crippen LogP contribution is -2.10. The average Bonchev–Trinajstić information content (AvgIpc) is 3.91. The van der Waals surface area contributed by atoms with Gasteiger partial charge in [-0.15, -0.1) is 5.10 Å². The van der Waals surface area contributed by atoms with Crippen molar-refractivity contribution in [3.8, 4) is 17.4 Å². The topological polar surface area (TPSA) is 148 Å². The third kappa shape index (κ3) is 5.39. The van der Waals surface area contributed by atoms with Crippen LogP contribution in [0.15, 0.2) is 47.1 Å². The molecule has 1 unspecified atom stereocenters. The Bertz CT molecular complexity index is 1440. The summed E-state index contributed by atoms with van der Waals surface area (Å²) in [5.74, 6) is 3.64. The highest BCUT2D eigenvalue weighted by molar-refractivity contribution is 6.06. The predicted molar refractivity (Wildman–Crippen MR) is 145 cm³/mol. The van der Waals surface area contributed by atoms with Gasteiger partial charge in [-0.1, -0.05) is 10.3 Å². The van der Waals surface area contributed by atoms with Crippen molar-refractivity contribution in [2.24, 2.45) is 16.0 Å². The van der Waals surface area contributed by atoms with Gasteiger partial charge in [0.1, 0.15) is 51.2 Å². The summed E-state index contributed by atoms with van der Waals surface area (Å²) in [7, 11) is 3.05. The summed E-state index contributed by atoms with van der Waals surface area (Å²) in [6.07, 6.45) is 10.2. The van der Waals surface area contributed by atoms with Gasteiger partial charge >= 0.3 is 0 Å². The van der Waals surface area contributed by atoms with Crippen LogP contribution in [-0.2, 0) is 9.68 Å².